The fraction of sp³-hybridized carbons (Fsp3) is 0.800. The van der Waals surface area contributed by atoms with Crippen molar-refractivity contribution < 1.29 is 15.0 Å². The molecule has 0 spiro atoms. The number of allylic oxidation sites excluding steroid dienone is 1. The molecule has 2 N–H and O–H groups in total. The number of carboxylic acids is 1. The van der Waals surface area contributed by atoms with Crippen molar-refractivity contribution in [3.05, 3.63) is 11.6 Å². The molecule has 0 saturated heterocycles. The van der Waals surface area contributed by atoms with Crippen molar-refractivity contribution in [2.45, 2.75) is 52.1 Å². The number of carbonyl (C=O) groups is 1. The van der Waals surface area contributed by atoms with E-state index in [1.165, 1.54) is 5.57 Å². The molecule has 2 rings (SSSR count). The molecule has 18 heavy (non-hydrogen) atoms. The van der Waals surface area contributed by atoms with Crippen molar-refractivity contribution in [1.82, 2.24) is 0 Å². The lowest BCUT2D eigenvalue weighted by molar-refractivity contribution is -0.143. The molecule has 0 aliphatic heterocycles. The van der Waals surface area contributed by atoms with Crippen LogP contribution in [0.2, 0.25) is 0 Å². The number of hydrogen-bond donors (Lipinski definition) is 2. The van der Waals surface area contributed by atoms with E-state index in [0.717, 1.165) is 25.7 Å². The van der Waals surface area contributed by atoms with Crippen LogP contribution in [0.3, 0.4) is 0 Å². The van der Waals surface area contributed by atoms with Gasteiger partial charge in [-0.2, -0.15) is 0 Å². The van der Waals surface area contributed by atoms with E-state index >= 15 is 0 Å². The quantitative estimate of drug-likeness (QED) is 0.743. The molecule has 3 heteroatoms. The van der Waals surface area contributed by atoms with Crippen molar-refractivity contribution in [3.63, 3.8) is 0 Å². The summed E-state index contributed by atoms with van der Waals surface area (Å²) in [7, 11) is 0. The van der Waals surface area contributed by atoms with Gasteiger partial charge in [0, 0.05) is 0 Å². The average molecular weight is 252 g/mol. The molecular weight excluding hydrogens is 228 g/mol. The summed E-state index contributed by atoms with van der Waals surface area (Å²) in [4.78, 5) is 11.2. The van der Waals surface area contributed by atoms with Crippen molar-refractivity contribution in [2.75, 3.05) is 0 Å². The number of fused-ring (bicyclic) bond motifs is 1. The van der Waals surface area contributed by atoms with Crippen molar-refractivity contribution in [1.29, 1.82) is 0 Å². The molecule has 2 aliphatic rings. The highest BCUT2D eigenvalue weighted by molar-refractivity contribution is 5.70. The first-order valence-electron chi connectivity index (χ1n) is 6.99. The first kappa shape index (κ1) is 13.6. The molecule has 0 radical (unpaired) electrons. The van der Waals surface area contributed by atoms with Crippen molar-refractivity contribution in [3.8, 4) is 0 Å². The molecule has 0 aromatic carbocycles. The molecule has 3 nitrogen and oxygen atoms in total. The minimum atomic E-state index is -0.751. The van der Waals surface area contributed by atoms with Gasteiger partial charge in [0.15, 0.2) is 0 Å². The van der Waals surface area contributed by atoms with Gasteiger partial charge in [0.2, 0.25) is 0 Å². The maximum Gasteiger partial charge on any atom is 0.306 e. The van der Waals surface area contributed by atoms with Crippen LogP contribution < -0.4 is 0 Å². The van der Waals surface area contributed by atoms with E-state index in [-0.39, 0.29) is 11.8 Å². The number of aliphatic hydroxyl groups is 1. The van der Waals surface area contributed by atoms with Crippen LogP contribution in [-0.2, 0) is 4.79 Å². The third kappa shape index (κ3) is 2.46. The summed E-state index contributed by atoms with van der Waals surface area (Å²) in [5.41, 5.74) is 0.458. The van der Waals surface area contributed by atoms with E-state index in [9.17, 15) is 15.0 Å². The summed E-state index contributed by atoms with van der Waals surface area (Å²) >= 11 is 0. The Kier molecular flexibility index (Phi) is 3.54. The molecule has 2 aliphatic carbocycles. The molecule has 0 amide bonds. The zero-order valence-electron chi connectivity index (χ0n) is 11.5. The minimum absolute atomic E-state index is 0.107. The van der Waals surface area contributed by atoms with Crippen LogP contribution in [0, 0.1) is 23.7 Å². The maximum atomic E-state index is 11.2. The smallest absolute Gasteiger partial charge is 0.306 e. The normalized spacial score (nSPS) is 41.8. The fourth-order valence-electron chi connectivity index (χ4n) is 3.67. The van der Waals surface area contributed by atoms with Gasteiger partial charge in [0.05, 0.1) is 11.5 Å². The summed E-state index contributed by atoms with van der Waals surface area (Å²) in [5.74, 6) is 0.130. The molecule has 5 atom stereocenters. The van der Waals surface area contributed by atoms with Gasteiger partial charge in [0.1, 0.15) is 0 Å². The number of carboxylic acid groups (broad SMARTS) is 1. The van der Waals surface area contributed by atoms with Crippen LogP contribution in [0.15, 0.2) is 11.6 Å². The van der Waals surface area contributed by atoms with E-state index in [4.69, 9.17) is 0 Å². The second-order valence-electron chi connectivity index (χ2n) is 6.43. The predicted octanol–water partition coefficient (Wildman–Crippen LogP) is 2.84. The molecular formula is C15H24O3. The van der Waals surface area contributed by atoms with Crippen molar-refractivity contribution >= 4 is 5.97 Å². The van der Waals surface area contributed by atoms with E-state index < -0.39 is 11.6 Å². The largest absolute Gasteiger partial charge is 0.481 e. The minimum Gasteiger partial charge on any atom is -0.481 e. The molecule has 1 fully saturated rings. The fourth-order valence-corrected chi connectivity index (χ4v) is 3.67. The standard InChI is InChI=1S/C15H24O3/c1-9-4-5-12(10(2)14(16)17)13-8-15(3,18)7-6-11(9)13/h8-12,18H,4-7H2,1-3H3,(H,16,17)/t9-,10-,11?,12+,15-/m1/s1. The van der Waals surface area contributed by atoms with Crippen LogP contribution in [0.1, 0.15) is 46.5 Å². The third-order valence-corrected chi connectivity index (χ3v) is 4.91. The van der Waals surface area contributed by atoms with Crippen LogP contribution in [-0.4, -0.2) is 21.8 Å². The van der Waals surface area contributed by atoms with Gasteiger partial charge < -0.3 is 10.2 Å². The molecule has 0 aromatic heterocycles. The Morgan fingerprint density at radius 3 is 2.72 bits per heavy atom. The monoisotopic (exact) mass is 252 g/mol. The van der Waals surface area contributed by atoms with Crippen LogP contribution in [0.4, 0.5) is 0 Å². The third-order valence-electron chi connectivity index (χ3n) is 4.91. The molecule has 0 heterocycles. The van der Waals surface area contributed by atoms with Gasteiger partial charge in [-0.1, -0.05) is 25.5 Å². The van der Waals surface area contributed by atoms with Gasteiger partial charge in [-0.15, -0.1) is 0 Å². The SMILES string of the molecule is C[C@@H]1CC[C@@H]([C@@H](C)C(=O)O)C2=C[C@](C)(O)CCC21. The summed E-state index contributed by atoms with van der Waals surface area (Å²) in [6.45, 7) is 5.88. The van der Waals surface area contributed by atoms with Crippen LogP contribution in [0.5, 0.6) is 0 Å². The highest BCUT2D eigenvalue weighted by Crippen LogP contribution is 2.47. The van der Waals surface area contributed by atoms with E-state index in [0.29, 0.717) is 11.8 Å². The Morgan fingerprint density at radius 2 is 2.11 bits per heavy atom. The predicted molar refractivity (Wildman–Crippen MR) is 70.1 cm³/mol. The molecule has 0 bridgehead atoms. The van der Waals surface area contributed by atoms with Crippen molar-refractivity contribution in [2.24, 2.45) is 23.7 Å². The van der Waals surface area contributed by atoms with Gasteiger partial charge in [-0.3, -0.25) is 4.79 Å². The Hall–Kier alpha value is -0.830. The summed E-state index contributed by atoms with van der Waals surface area (Å²) < 4.78 is 0. The zero-order chi connectivity index (χ0) is 13.5. The summed E-state index contributed by atoms with van der Waals surface area (Å²) in [6.07, 6.45) is 5.78. The summed E-state index contributed by atoms with van der Waals surface area (Å²) in [5, 5.41) is 19.4. The topological polar surface area (TPSA) is 57.5 Å². The average Bonchev–Trinajstić information content (AvgIpc) is 2.27. The second kappa shape index (κ2) is 4.69. The molecule has 1 unspecified atom stereocenters. The lowest BCUT2D eigenvalue weighted by Gasteiger charge is -2.44. The Labute approximate surface area is 109 Å². The number of rotatable bonds is 2. The van der Waals surface area contributed by atoms with E-state index in [1.54, 1.807) is 6.92 Å². The Bertz CT molecular complexity index is 370. The first-order valence-corrected chi connectivity index (χ1v) is 6.99. The van der Waals surface area contributed by atoms with Gasteiger partial charge in [-0.25, -0.2) is 0 Å². The number of aliphatic carboxylic acids is 1. The highest BCUT2D eigenvalue weighted by atomic mass is 16.4. The lowest BCUT2D eigenvalue weighted by atomic mass is 9.62. The van der Waals surface area contributed by atoms with E-state index in [2.05, 4.69) is 6.92 Å². The molecule has 0 aromatic rings. The highest BCUT2D eigenvalue weighted by Gasteiger charge is 2.41. The van der Waals surface area contributed by atoms with Crippen LogP contribution in [0.25, 0.3) is 0 Å². The Morgan fingerprint density at radius 1 is 1.44 bits per heavy atom. The Balaban J connectivity index is 2.32. The van der Waals surface area contributed by atoms with Crippen LogP contribution >= 0.6 is 0 Å². The maximum absolute atomic E-state index is 11.2. The summed E-state index contributed by atoms with van der Waals surface area (Å²) in [6, 6.07) is 0. The molecule has 1 saturated carbocycles. The van der Waals surface area contributed by atoms with Gasteiger partial charge in [0.25, 0.3) is 0 Å². The number of hydrogen-bond acceptors (Lipinski definition) is 2. The van der Waals surface area contributed by atoms with E-state index in [1.807, 2.05) is 13.0 Å². The lowest BCUT2D eigenvalue weighted by Crippen LogP contribution is -2.39. The second-order valence-corrected chi connectivity index (χ2v) is 6.43. The van der Waals surface area contributed by atoms with Gasteiger partial charge >= 0.3 is 5.97 Å². The zero-order valence-corrected chi connectivity index (χ0v) is 11.5. The molecule has 102 valence electrons. The first-order chi connectivity index (χ1) is 8.32. The van der Waals surface area contributed by atoms with Gasteiger partial charge in [-0.05, 0) is 50.4 Å².